The van der Waals surface area contributed by atoms with Crippen LogP contribution in [-0.2, 0) is 0 Å². The Hall–Kier alpha value is -8.34. The summed E-state index contributed by atoms with van der Waals surface area (Å²) in [5.41, 5.74) is -9.01. The van der Waals surface area contributed by atoms with Crippen molar-refractivity contribution < 1.29 is 59.6 Å². The molecule has 0 aliphatic carbocycles. The molecule has 30 nitrogen and oxygen atoms in total. The fourth-order valence-corrected chi connectivity index (χ4v) is 2.92. The van der Waals surface area contributed by atoms with Gasteiger partial charge in [-0.25, -0.2) is 0 Å². The molecular formula is C18H9N9O21. The number of phenols is 3. The van der Waals surface area contributed by atoms with Gasteiger partial charge in [0.05, 0.1) is 80.7 Å². The summed E-state index contributed by atoms with van der Waals surface area (Å²) in [5, 5.41) is 121. The maximum atomic E-state index is 10.4. The number of nitrogens with zero attached hydrogens (tertiary/aromatic N) is 9. The second kappa shape index (κ2) is 14.9. The molecule has 0 aliphatic rings. The molecule has 252 valence electrons. The smallest absolute Gasteiger partial charge is 0.324 e. The van der Waals surface area contributed by atoms with Crippen LogP contribution in [-0.4, -0.2) is 59.6 Å². The van der Waals surface area contributed by atoms with Gasteiger partial charge >= 0.3 is 34.1 Å². The van der Waals surface area contributed by atoms with Gasteiger partial charge in [-0.3, -0.25) is 91.0 Å². The van der Waals surface area contributed by atoms with Crippen LogP contribution in [0.25, 0.3) is 0 Å². The standard InChI is InChI=1S/3C6H3N3O7/c3*10-6-4(8(13)14)1-3(7(11)12)2-5(6)9(15)16/h3*1-2,10H. The predicted molar refractivity (Wildman–Crippen MR) is 144 cm³/mol. The van der Waals surface area contributed by atoms with E-state index in [9.17, 15) is 91.0 Å². The summed E-state index contributed by atoms with van der Waals surface area (Å²) in [5.74, 6) is -3.62. The second-order valence-electron chi connectivity index (χ2n) is 7.81. The lowest BCUT2D eigenvalue weighted by molar-refractivity contribution is -0.404. The van der Waals surface area contributed by atoms with E-state index in [1.165, 1.54) is 0 Å². The van der Waals surface area contributed by atoms with Crippen LogP contribution in [0.5, 0.6) is 17.2 Å². The van der Waals surface area contributed by atoms with Crippen LogP contribution in [0.2, 0.25) is 0 Å². The Bertz CT molecular complexity index is 1600. The molecule has 0 radical (unpaired) electrons. The van der Waals surface area contributed by atoms with Crippen molar-refractivity contribution in [2.45, 2.75) is 0 Å². The van der Waals surface area contributed by atoms with Gasteiger partial charge in [-0.1, -0.05) is 0 Å². The summed E-state index contributed by atoms with van der Waals surface area (Å²) in [6.07, 6.45) is 0. The van der Waals surface area contributed by atoms with Crippen LogP contribution < -0.4 is 0 Å². The molecule has 0 heterocycles. The molecule has 0 spiro atoms. The molecule has 0 saturated carbocycles. The van der Waals surface area contributed by atoms with Crippen LogP contribution in [0.1, 0.15) is 0 Å². The molecule has 0 atom stereocenters. The number of rotatable bonds is 9. The highest BCUT2D eigenvalue weighted by atomic mass is 16.7. The first-order chi connectivity index (χ1) is 22.0. The third-order valence-electron chi connectivity index (χ3n) is 4.98. The molecule has 3 aromatic rings. The number of hydrogen-bond donors (Lipinski definition) is 3. The van der Waals surface area contributed by atoms with Gasteiger partial charge in [0.2, 0.25) is 0 Å². The highest BCUT2D eigenvalue weighted by Gasteiger charge is 2.32. The van der Waals surface area contributed by atoms with Crippen molar-refractivity contribution in [1.82, 2.24) is 0 Å². The molecule has 3 N–H and O–H groups in total. The molecule has 0 saturated heterocycles. The molecule has 0 aliphatic heterocycles. The molecule has 0 bridgehead atoms. The number of phenolic OH excluding ortho intramolecular Hbond substituents is 3. The van der Waals surface area contributed by atoms with Crippen molar-refractivity contribution >= 4 is 51.2 Å². The van der Waals surface area contributed by atoms with Crippen LogP contribution in [0, 0.1) is 91.0 Å². The van der Waals surface area contributed by atoms with E-state index in [-0.39, 0.29) is 0 Å². The zero-order valence-corrected chi connectivity index (χ0v) is 22.2. The Balaban J connectivity index is 0.000000360. The van der Waals surface area contributed by atoms with Crippen molar-refractivity contribution in [2.24, 2.45) is 0 Å². The van der Waals surface area contributed by atoms with Crippen molar-refractivity contribution in [1.29, 1.82) is 0 Å². The molecular weight excluding hydrogens is 678 g/mol. The van der Waals surface area contributed by atoms with Gasteiger partial charge in [-0.05, 0) is 0 Å². The van der Waals surface area contributed by atoms with Crippen LogP contribution in [0.4, 0.5) is 51.2 Å². The van der Waals surface area contributed by atoms with Gasteiger partial charge in [0.15, 0.2) is 0 Å². The Morgan fingerprint density at radius 1 is 0.292 bits per heavy atom. The van der Waals surface area contributed by atoms with E-state index in [4.69, 9.17) is 15.3 Å². The maximum Gasteiger partial charge on any atom is 0.324 e. The summed E-state index contributed by atoms with van der Waals surface area (Å²) in [6, 6.07) is 2.68. The van der Waals surface area contributed by atoms with E-state index in [1.54, 1.807) is 0 Å². The first-order valence-electron chi connectivity index (χ1n) is 10.9. The minimum atomic E-state index is -1.21. The number of hydrogen-bond acceptors (Lipinski definition) is 21. The van der Waals surface area contributed by atoms with Crippen molar-refractivity contribution in [3.63, 3.8) is 0 Å². The Labute approximate surface area is 256 Å². The monoisotopic (exact) mass is 687 g/mol. The maximum absolute atomic E-state index is 10.4. The highest BCUT2D eigenvalue weighted by molar-refractivity contribution is 5.66. The predicted octanol–water partition coefficient (Wildman–Crippen LogP) is 3.35. The second-order valence-corrected chi connectivity index (χ2v) is 7.81. The van der Waals surface area contributed by atoms with E-state index in [0.29, 0.717) is 36.4 Å². The van der Waals surface area contributed by atoms with Gasteiger partial charge in [0.25, 0.3) is 34.3 Å². The quantitative estimate of drug-likeness (QED) is 0.214. The summed E-state index contributed by atoms with van der Waals surface area (Å²) in [6.45, 7) is 0. The zero-order valence-electron chi connectivity index (χ0n) is 22.2. The summed E-state index contributed by atoms with van der Waals surface area (Å²) in [4.78, 5) is 83.3. The number of nitro benzene ring substituents is 9. The van der Waals surface area contributed by atoms with Crippen molar-refractivity contribution in [3.8, 4) is 17.2 Å². The molecule has 0 fully saturated rings. The number of benzene rings is 3. The molecule has 3 aromatic carbocycles. The third kappa shape index (κ3) is 8.84. The first-order valence-corrected chi connectivity index (χ1v) is 10.9. The van der Waals surface area contributed by atoms with E-state index in [1.807, 2.05) is 0 Å². The average molecular weight is 687 g/mol. The zero-order chi connectivity index (χ0) is 37.4. The van der Waals surface area contributed by atoms with Crippen LogP contribution in [0.15, 0.2) is 36.4 Å². The normalized spacial score (nSPS) is 9.75. The molecule has 0 amide bonds. The third-order valence-corrected chi connectivity index (χ3v) is 4.98. The van der Waals surface area contributed by atoms with Crippen LogP contribution >= 0.6 is 0 Å². The lowest BCUT2D eigenvalue weighted by Gasteiger charge is -1.97. The lowest BCUT2D eigenvalue weighted by atomic mass is 10.2. The SMILES string of the molecule is O=[N+]([O-])c1cc([N+](=O)[O-])c(O)c([N+](=O)[O-])c1.O=[N+]([O-])c1cc([N+](=O)[O-])c(O)c([N+](=O)[O-])c1.O=[N+]([O-])c1cc([N+](=O)[O-])c(O)c([N+](=O)[O-])c1. The lowest BCUT2D eigenvalue weighted by Crippen LogP contribution is -1.97. The van der Waals surface area contributed by atoms with E-state index in [2.05, 4.69) is 0 Å². The Morgan fingerprint density at radius 2 is 0.417 bits per heavy atom. The van der Waals surface area contributed by atoms with Gasteiger partial charge in [-0.15, -0.1) is 0 Å². The minimum absolute atomic E-state index is 0.447. The fraction of sp³-hybridized carbons (Fsp3) is 0. The van der Waals surface area contributed by atoms with E-state index in [0.717, 1.165) is 0 Å². The van der Waals surface area contributed by atoms with Crippen LogP contribution in [0.3, 0.4) is 0 Å². The number of non-ortho nitro benzene ring substituents is 3. The van der Waals surface area contributed by atoms with E-state index < -0.39 is 113 Å². The number of aromatic hydroxyl groups is 3. The molecule has 0 unspecified atom stereocenters. The molecule has 3 rings (SSSR count). The van der Waals surface area contributed by atoms with Gasteiger partial charge < -0.3 is 15.3 Å². The summed E-state index contributed by atoms with van der Waals surface area (Å²) >= 11 is 0. The summed E-state index contributed by atoms with van der Waals surface area (Å²) in [7, 11) is 0. The molecule has 0 aromatic heterocycles. The minimum Gasteiger partial charge on any atom is -0.497 e. The van der Waals surface area contributed by atoms with Crippen molar-refractivity contribution in [3.05, 3.63) is 127 Å². The molecule has 48 heavy (non-hydrogen) atoms. The highest BCUT2D eigenvalue weighted by Crippen LogP contribution is 2.41. The van der Waals surface area contributed by atoms with E-state index >= 15 is 0 Å². The summed E-state index contributed by atoms with van der Waals surface area (Å²) < 4.78 is 0. The Kier molecular flexibility index (Phi) is 11.7. The van der Waals surface area contributed by atoms with Gasteiger partial charge in [-0.2, -0.15) is 0 Å². The fourth-order valence-electron chi connectivity index (χ4n) is 2.92. The van der Waals surface area contributed by atoms with Gasteiger partial charge in [0, 0.05) is 0 Å². The first kappa shape index (κ1) is 37.7. The topological polar surface area (TPSA) is 449 Å². The Morgan fingerprint density at radius 3 is 0.500 bits per heavy atom. The molecule has 30 heteroatoms. The average Bonchev–Trinajstić information content (AvgIpc) is 2.96. The van der Waals surface area contributed by atoms with Gasteiger partial charge in [0.1, 0.15) is 0 Å². The van der Waals surface area contributed by atoms with Crippen molar-refractivity contribution in [2.75, 3.05) is 0 Å². The number of nitro groups is 9. The largest absolute Gasteiger partial charge is 0.497 e.